The van der Waals surface area contributed by atoms with E-state index in [1.165, 1.54) is 0 Å². The molecule has 1 aromatic carbocycles. The summed E-state index contributed by atoms with van der Waals surface area (Å²) in [6.45, 7) is 4.33. The van der Waals surface area contributed by atoms with Gasteiger partial charge in [-0.1, -0.05) is 50.6 Å². The molecule has 0 radical (unpaired) electrons. The number of hydrogen-bond donors (Lipinski definition) is 2. The maximum atomic E-state index is 12.0. The largest absolute Gasteiger partial charge is 0.378 e. The first-order valence-corrected chi connectivity index (χ1v) is 6.54. The van der Waals surface area contributed by atoms with Crippen LogP contribution in [0.5, 0.6) is 0 Å². The van der Waals surface area contributed by atoms with E-state index in [-0.39, 0.29) is 17.4 Å². The molecule has 0 heterocycles. The first-order chi connectivity index (χ1) is 8.50. The van der Waals surface area contributed by atoms with Crippen LogP contribution in [-0.2, 0) is 4.79 Å². The van der Waals surface area contributed by atoms with E-state index >= 15 is 0 Å². The zero-order chi connectivity index (χ0) is 13.2. The predicted octanol–water partition coefficient (Wildman–Crippen LogP) is 2.41. The van der Waals surface area contributed by atoms with Gasteiger partial charge in [0.2, 0.25) is 0 Å². The number of rotatable bonds is 3. The summed E-state index contributed by atoms with van der Waals surface area (Å²) in [4.78, 5) is 12.0. The van der Waals surface area contributed by atoms with Crippen LogP contribution in [0.15, 0.2) is 30.3 Å². The molecule has 0 aliphatic heterocycles. The Bertz CT molecular complexity index is 414. The van der Waals surface area contributed by atoms with Crippen LogP contribution in [0, 0.1) is 5.41 Å². The van der Waals surface area contributed by atoms with Crippen LogP contribution in [0.3, 0.4) is 0 Å². The second-order valence-corrected chi connectivity index (χ2v) is 5.76. The topological polar surface area (TPSA) is 49.3 Å². The van der Waals surface area contributed by atoms with E-state index in [9.17, 15) is 9.90 Å². The summed E-state index contributed by atoms with van der Waals surface area (Å²) < 4.78 is 0. The summed E-state index contributed by atoms with van der Waals surface area (Å²) >= 11 is 0. The lowest BCUT2D eigenvalue weighted by atomic mass is 9.87. The molecule has 0 bridgehead atoms. The van der Waals surface area contributed by atoms with Gasteiger partial charge >= 0.3 is 0 Å². The van der Waals surface area contributed by atoms with Gasteiger partial charge in [-0.3, -0.25) is 4.79 Å². The molecule has 2 rings (SSSR count). The van der Waals surface area contributed by atoms with E-state index < -0.39 is 6.10 Å². The molecule has 1 saturated carbocycles. The molecular formula is C15H21NO2. The van der Waals surface area contributed by atoms with Crippen LogP contribution in [-0.4, -0.2) is 17.1 Å². The molecule has 1 aliphatic carbocycles. The summed E-state index contributed by atoms with van der Waals surface area (Å²) in [6, 6.07) is 9.22. The van der Waals surface area contributed by atoms with E-state index in [1.54, 1.807) is 12.1 Å². The minimum Gasteiger partial charge on any atom is -0.378 e. The summed E-state index contributed by atoms with van der Waals surface area (Å²) in [6.07, 6.45) is 2.20. The average molecular weight is 247 g/mol. The van der Waals surface area contributed by atoms with Crippen LogP contribution in [0.4, 0.5) is 0 Å². The number of benzene rings is 1. The van der Waals surface area contributed by atoms with E-state index in [0.717, 1.165) is 19.3 Å². The molecular weight excluding hydrogens is 226 g/mol. The molecule has 1 aliphatic rings. The van der Waals surface area contributed by atoms with Crippen molar-refractivity contribution in [1.82, 2.24) is 5.32 Å². The maximum absolute atomic E-state index is 12.0. The lowest BCUT2D eigenvalue weighted by Gasteiger charge is -2.28. The Morgan fingerprint density at radius 1 is 1.39 bits per heavy atom. The summed E-state index contributed by atoms with van der Waals surface area (Å²) in [5.41, 5.74) is 0.775. The predicted molar refractivity (Wildman–Crippen MR) is 71.0 cm³/mol. The van der Waals surface area contributed by atoms with Gasteiger partial charge in [0.1, 0.15) is 0 Å². The fraction of sp³-hybridized carbons (Fsp3) is 0.533. The summed E-state index contributed by atoms with van der Waals surface area (Å²) in [5, 5.41) is 13.0. The highest BCUT2D eigenvalue weighted by molar-refractivity contribution is 5.82. The summed E-state index contributed by atoms with van der Waals surface area (Å²) in [5.74, 6) is -0.291. The highest BCUT2D eigenvalue weighted by Gasteiger charge is 2.36. The zero-order valence-corrected chi connectivity index (χ0v) is 11.0. The SMILES string of the molecule is CC1(C)CCCC1NC(=O)C(O)c1ccccc1. The fourth-order valence-electron chi connectivity index (χ4n) is 2.63. The van der Waals surface area contributed by atoms with E-state index in [0.29, 0.717) is 5.56 Å². The number of carbonyl (C=O) groups is 1. The highest BCUT2D eigenvalue weighted by Crippen LogP contribution is 2.37. The average Bonchev–Trinajstić information content (AvgIpc) is 2.69. The summed E-state index contributed by atoms with van der Waals surface area (Å²) in [7, 11) is 0. The van der Waals surface area contributed by atoms with Crippen molar-refractivity contribution in [3.05, 3.63) is 35.9 Å². The molecule has 3 nitrogen and oxygen atoms in total. The van der Waals surface area contributed by atoms with Crippen molar-refractivity contribution < 1.29 is 9.90 Å². The Morgan fingerprint density at radius 2 is 2.06 bits per heavy atom. The Labute approximate surface area is 108 Å². The van der Waals surface area contributed by atoms with Gasteiger partial charge in [-0.2, -0.15) is 0 Å². The van der Waals surface area contributed by atoms with Crippen molar-refractivity contribution in [1.29, 1.82) is 0 Å². The molecule has 0 saturated heterocycles. The molecule has 1 aromatic rings. The van der Waals surface area contributed by atoms with Crippen molar-refractivity contribution in [3.63, 3.8) is 0 Å². The molecule has 3 heteroatoms. The fourth-order valence-corrected chi connectivity index (χ4v) is 2.63. The van der Waals surface area contributed by atoms with Crippen LogP contribution in [0.2, 0.25) is 0 Å². The minimum atomic E-state index is -1.07. The molecule has 0 spiro atoms. The van der Waals surface area contributed by atoms with Crippen LogP contribution in [0.1, 0.15) is 44.8 Å². The third kappa shape index (κ3) is 2.72. The van der Waals surface area contributed by atoms with Crippen LogP contribution >= 0.6 is 0 Å². The third-order valence-corrected chi connectivity index (χ3v) is 3.94. The van der Waals surface area contributed by atoms with Gasteiger partial charge in [-0.15, -0.1) is 0 Å². The van der Waals surface area contributed by atoms with Gasteiger partial charge in [-0.05, 0) is 23.8 Å². The van der Waals surface area contributed by atoms with Gasteiger partial charge in [0.15, 0.2) is 6.10 Å². The minimum absolute atomic E-state index is 0.131. The van der Waals surface area contributed by atoms with Gasteiger partial charge in [0.25, 0.3) is 5.91 Å². The van der Waals surface area contributed by atoms with Crippen molar-refractivity contribution in [2.75, 3.05) is 0 Å². The lowest BCUT2D eigenvalue weighted by molar-refractivity contribution is -0.131. The highest BCUT2D eigenvalue weighted by atomic mass is 16.3. The lowest BCUT2D eigenvalue weighted by Crippen LogP contribution is -2.43. The molecule has 2 atom stereocenters. The molecule has 0 aromatic heterocycles. The number of nitrogens with one attached hydrogen (secondary N) is 1. The van der Waals surface area contributed by atoms with Gasteiger partial charge in [-0.25, -0.2) is 0 Å². The second-order valence-electron chi connectivity index (χ2n) is 5.76. The second kappa shape index (κ2) is 5.11. The number of amides is 1. The maximum Gasteiger partial charge on any atom is 0.253 e. The Kier molecular flexibility index (Phi) is 3.71. The van der Waals surface area contributed by atoms with Crippen molar-refractivity contribution in [3.8, 4) is 0 Å². The zero-order valence-electron chi connectivity index (χ0n) is 11.0. The smallest absolute Gasteiger partial charge is 0.253 e. The first-order valence-electron chi connectivity index (χ1n) is 6.54. The molecule has 1 fully saturated rings. The number of aliphatic hydroxyl groups is 1. The van der Waals surface area contributed by atoms with E-state index in [1.807, 2.05) is 18.2 Å². The third-order valence-electron chi connectivity index (χ3n) is 3.94. The first kappa shape index (κ1) is 13.1. The van der Waals surface area contributed by atoms with Gasteiger partial charge in [0.05, 0.1) is 0 Å². The van der Waals surface area contributed by atoms with Crippen LogP contribution in [0.25, 0.3) is 0 Å². The molecule has 18 heavy (non-hydrogen) atoms. The van der Waals surface area contributed by atoms with Crippen LogP contribution < -0.4 is 5.32 Å². The molecule has 98 valence electrons. The van der Waals surface area contributed by atoms with Crippen molar-refractivity contribution in [2.24, 2.45) is 5.41 Å². The Balaban J connectivity index is 2.00. The Morgan fingerprint density at radius 3 is 2.61 bits per heavy atom. The van der Waals surface area contributed by atoms with Crippen molar-refractivity contribution in [2.45, 2.75) is 45.3 Å². The van der Waals surface area contributed by atoms with E-state index in [2.05, 4.69) is 19.2 Å². The molecule has 2 N–H and O–H groups in total. The quantitative estimate of drug-likeness (QED) is 0.861. The monoisotopic (exact) mass is 247 g/mol. The van der Waals surface area contributed by atoms with Crippen molar-refractivity contribution >= 4 is 5.91 Å². The number of carbonyl (C=O) groups excluding carboxylic acids is 1. The number of aliphatic hydroxyl groups excluding tert-OH is 1. The van der Waals surface area contributed by atoms with Gasteiger partial charge in [0, 0.05) is 6.04 Å². The number of hydrogen-bond acceptors (Lipinski definition) is 2. The van der Waals surface area contributed by atoms with E-state index in [4.69, 9.17) is 0 Å². The normalized spacial score (nSPS) is 23.6. The standard InChI is InChI=1S/C15H21NO2/c1-15(2)10-6-9-12(15)16-14(18)13(17)11-7-4-3-5-8-11/h3-5,7-8,12-13,17H,6,9-10H2,1-2H3,(H,16,18). The van der Waals surface area contributed by atoms with Gasteiger partial charge < -0.3 is 10.4 Å². The molecule has 1 amide bonds. The molecule has 2 unspecified atom stereocenters. The Hall–Kier alpha value is -1.35.